The molecule has 0 aromatic heterocycles. The number of ether oxygens (including phenoxy) is 2. The van der Waals surface area contributed by atoms with Crippen LogP contribution in [0.15, 0.2) is 47.4 Å². The van der Waals surface area contributed by atoms with Gasteiger partial charge in [0, 0.05) is 6.54 Å². The number of rotatable bonds is 10. The Bertz CT molecular complexity index is 801. The molecule has 0 radical (unpaired) electrons. The molecule has 0 amide bonds. The summed E-state index contributed by atoms with van der Waals surface area (Å²) in [6.45, 7) is 7.14. The van der Waals surface area contributed by atoms with Crippen LogP contribution in [-0.4, -0.2) is 21.6 Å². The molecule has 0 saturated carbocycles. The van der Waals surface area contributed by atoms with Crippen LogP contribution in [0.3, 0.4) is 0 Å². The molecule has 0 fully saturated rings. The van der Waals surface area contributed by atoms with Gasteiger partial charge in [0.2, 0.25) is 10.0 Å². The Kier molecular flexibility index (Phi) is 7.48. The van der Waals surface area contributed by atoms with Gasteiger partial charge in [-0.15, -0.1) is 0 Å². The monoisotopic (exact) mass is 377 g/mol. The van der Waals surface area contributed by atoms with Crippen molar-refractivity contribution >= 4 is 10.0 Å². The molecule has 0 aliphatic heterocycles. The lowest BCUT2D eigenvalue weighted by molar-refractivity contribution is 0.287. The van der Waals surface area contributed by atoms with Crippen molar-refractivity contribution in [3.63, 3.8) is 0 Å². The second-order valence-electron chi connectivity index (χ2n) is 5.87. The Hall–Kier alpha value is -2.05. The van der Waals surface area contributed by atoms with Crippen molar-refractivity contribution in [1.29, 1.82) is 0 Å². The zero-order valence-electron chi connectivity index (χ0n) is 15.6. The van der Waals surface area contributed by atoms with Crippen LogP contribution in [0.1, 0.15) is 38.3 Å². The van der Waals surface area contributed by atoms with Crippen molar-refractivity contribution in [3.8, 4) is 11.5 Å². The maximum atomic E-state index is 12.5. The Morgan fingerprint density at radius 3 is 2.08 bits per heavy atom. The summed E-state index contributed by atoms with van der Waals surface area (Å²) in [5.41, 5.74) is 1.95. The van der Waals surface area contributed by atoms with Gasteiger partial charge in [0.25, 0.3) is 0 Å². The lowest BCUT2D eigenvalue weighted by Gasteiger charge is -2.13. The van der Waals surface area contributed by atoms with Gasteiger partial charge in [-0.3, -0.25) is 0 Å². The van der Waals surface area contributed by atoms with Crippen molar-refractivity contribution < 1.29 is 17.9 Å². The molecule has 0 unspecified atom stereocenters. The fraction of sp³-hybridized carbons (Fsp3) is 0.400. The van der Waals surface area contributed by atoms with E-state index in [1.165, 1.54) is 0 Å². The number of hydrogen-bond acceptors (Lipinski definition) is 4. The summed E-state index contributed by atoms with van der Waals surface area (Å²) in [5.74, 6) is 1.28. The Morgan fingerprint density at radius 2 is 1.46 bits per heavy atom. The molecule has 2 aromatic rings. The van der Waals surface area contributed by atoms with Crippen LogP contribution in [0.4, 0.5) is 0 Å². The largest absolute Gasteiger partial charge is 0.490 e. The summed E-state index contributed by atoms with van der Waals surface area (Å²) in [6.07, 6.45) is 1.98. The predicted molar refractivity (Wildman–Crippen MR) is 103 cm³/mol. The molecule has 2 rings (SSSR count). The highest BCUT2D eigenvalue weighted by molar-refractivity contribution is 7.89. The molecule has 1 N–H and O–H groups in total. The van der Waals surface area contributed by atoms with E-state index in [4.69, 9.17) is 9.47 Å². The summed E-state index contributed by atoms with van der Waals surface area (Å²) in [5, 5.41) is 0. The van der Waals surface area contributed by atoms with Crippen molar-refractivity contribution in [1.82, 2.24) is 4.72 Å². The van der Waals surface area contributed by atoms with Gasteiger partial charge in [0.15, 0.2) is 11.5 Å². The molecule has 0 aliphatic carbocycles. The molecule has 26 heavy (non-hydrogen) atoms. The molecule has 0 bridgehead atoms. The molecule has 0 heterocycles. The second-order valence-corrected chi connectivity index (χ2v) is 7.63. The van der Waals surface area contributed by atoms with Crippen LogP contribution in [0.5, 0.6) is 11.5 Å². The molecule has 142 valence electrons. The highest BCUT2D eigenvalue weighted by Gasteiger charge is 2.14. The SMILES string of the molecule is CCCc1ccc(S(=O)(=O)NCc2ccc(OCC)c(OCC)c2)cc1. The summed E-state index contributed by atoms with van der Waals surface area (Å²) in [4.78, 5) is 0.272. The number of benzene rings is 2. The fourth-order valence-corrected chi connectivity index (χ4v) is 3.61. The molecule has 0 saturated heterocycles. The highest BCUT2D eigenvalue weighted by Crippen LogP contribution is 2.28. The first-order valence-corrected chi connectivity index (χ1v) is 10.5. The zero-order valence-corrected chi connectivity index (χ0v) is 16.4. The van der Waals surface area contributed by atoms with Crippen molar-refractivity contribution in [2.24, 2.45) is 0 Å². The number of aryl methyl sites for hydroxylation is 1. The number of nitrogens with one attached hydrogen (secondary N) is 1. The topological polar surface area (TPSA) is 64.6 Å². The summed E-state index contributed by atoms with van der Waals surface area (Å²) < 4.78 is 38.7. The smallest absolute Gasteiger partial charge is 0.240 e. The summed E-state index contributed by atoms with van der Waals surface area (Å²) >= 11 is 0. The minimum atomic E-state index is -3.56. The lowest BCUT2D eigenvalue weighted by atomic mass is 10.1. The third kappa shape index (κ3) is 5.47. The first kappa shape index (κ1) is 20.3. The third-order valence-electron chi connectivity index (χ3n) is 3.85. The van der Waals surface area contributed by atoms with Gasteiger partial charge < -0.3 is 9.47 Å². The number of sulfonamides is 1. The lowest BCUT2D eigenvalue weighted by Crippen LogP contribution is -2.23. The summed E-state index contributed by atoms with van der Waals surface area (Å²) in [7, 11) is -3.56. The maximum Gasteiger partial charge on any atom is 0.240 e. The normalized spacial score (nSPS) is 11.3. The van der Waals surface area contributed by atoms with E-state index >= 15 is 0 Å². The molecule has 2 aromatic carbocycles. The number of hydrogen-bond donors (Lipinski definition) is 1. The van der Waals surface area contributed by atoms with E-state index < -0.39 is 10.0 Å². The van der Waals surface area contributed by atoms with Crippen LogP contribution < -0.4 is 14.2 Å². The minimum Gasteiger partial charge on any atom is -0.490 e. The molecule has 0 aliphatic rings. The summed E-state index contributed by atoms with van der Waals surface area (Å²) in [6, 6.07) is 12.5. The van der Waals surface area contributed by atoms with Crippen molar-refractivity contribution in [2.75, 3.05) is 13.2 Å². The highest BCUT2D eigenvalue weighted by atomic mass is 32.2. The zero-order chi connectivity index (χ0) is 19.0. The Labute approximate surface area is 156 Å². The van der Waals surface area contributed by atoms with E-state index in [0.29, 0.717) is 24.7 Å². The molecular weight excluding hydrogens is 350 g/mol. The van der Waals surface area contributed by atoms with E-state index in [9.17, 15) is 8.42 Å². The first-order valence-electron chi connectivity index (χ1n) is 8.97. The van der Waals surface area contributed by atoms with Crippen LogP contribution in [-0.2, 0) is 23.0 Å². The molecule has 5 nitrogen and oxygen atoms in total. The first-order chi connectivity index (χ1) is 12.5. The van der Waals surface area contributed by atoms with Gasteiger partial charge in [-0.25, -0.2) is 13.1 Å². The average Bonchev–Trinajstić information content (AvgIpc) is 2.63. The van der Waals surface area contributed by atoms with Crippen molar-refractivity contribution in [3.05, 3.63) is 53.6 Å². The fourth-order valence-electron chi connectivity index (χ4n) is 2.59. The maximum absolute atomic E-state index is 12.5. The standard InChI is InChI=1S/C20H27NO4S/c1-4-7-16-8-11-18(12-9-16)26(22,23)21-15-17-10-13-19(24-5-2)20(14-17)25-6-3/h8-14,21H,4-7,15H2,1-3H3. The van der Waals surface area contributed by atoms with E-state index in [0.717, 1.165) is 24.0 Å². The predicted octanol–water partition coefficient (Wildman–Crippen LogP) is 3.92. The van der Waals surface area contributed by atoms with Gasteiger partial charge in [-0.1, -0.05) is 31.5 Å². The van der Waals surface area contributed by atoms with Gasteiger partial charge >= 0.3 is 0 Å². The van der Waals surface area contributed by atoms with Crippen molar-refractivity contribution in [2.45, 2.75) is 45.1 Å². The van der Waals surface area contributed by atoms with E-state index in [-0.39, 0.29) is 11.4 Å². The Balaban J connectivity index is 2.09. The molecular formula is C20H27NO4S. The second kappa shape index (κ2) is 9.59. The van der Waals surface area contributed by atoms with E-state index in [2.05, 4.69) is 11.6 Å². The Morgan fingerprint density at radius 1 is 0.846 bits per heavy atom. The van der Waals surface area contributed by atoms with Crippen LogP contribution >= 0.6 is 0 Å². The van der Waals surface area contributed by atoms with E-state index in [1.54, 1.807) is 24.3 Å². The molecule has 6 heteroatoms. The molecule has 0 atom stereocenters. The van der Waals surface area contributed by atoms with Gasteiger partial charge in [0.05, 0.1) is 18.1 Å². The third-order valence-corrected chi connectivity index (χ3v) is 5.26. The average molecular weight is 378 g/mol. The van der Waals surface area contributed by atoms with E-state index in [1.807, 2.05) is 32.0 Å². The minimum absolute atomic E-state index is 0.186. The van der Waals surface area contributed by atoms with Crippen LogP contribution in [0.25, 0.3) is 0 Å². The van der Waals surface area contributed by atoms with Gasteiger partial charge in [-0.2, -0.15) is 0 Å². The van der Waals surface area contributed by atoms with Gasteiger partial charge in [-0.05, 0) is 55.7 Å². The quantitative estimate of drug-likeness (QED) is 0.682. The molecule has 0 spiro atoms. The van der Waals surface area contributed by atoms with Crippen LogP contribution in [0.2, 0.25) is 0 Å². The van der Waals surface area contributed by atoms with Crippen LogP contribution in [0, 0.1) is 0 Å². The van der Waals surface area contributed by atoms with Gasteiger partial charge in [0.1, 0.15) is 0 Å².